The summed E-state index contributed by atoms with van der Waals surface area (Å²) in [7, 11) is -3.67. The van der Waals surface area contributed by atoms with Gasteiger partial charge in [-0.05, 0) is 92.3 Å². The first-order valence-electron chi connectivity index (χ1n) is 10.9. The quantitative estimate of drug-likeness (QED) is 0.435. The van der Waals surface area contributed by atoms with E-state index in [-0.39, 0.29) is 4.90 Å². The topological polar surface area (TPSA) is 86.1 Å². The van der Waals surface area contributed by atoms with Crippen LogP contribution in [-0.2, 0) is 22.9 Å². The second kappa shape index (κ2) is 8.71. The van der Waals surface area contributed by atoms with Crippen molar-refractivity contribution in [3.8, 4) is 17.4 Å². The Hall–Kier alpha value is -3.65. The molecule has 0 atom stereocenters. The highest BCUT2D eigenvalue weighted by Gasteiger charge is 2.18. The zero-order valence-electron chi connectivity index (χ0n) is 18.2. The summed E-state index contributed by atoms with van der Waals surface area (Å²) in [4.78, 5) is 9.05. The molecule has 0 fully saturated rings. The molecular formula is C25H24N4O3S. The third kappa shape index (κ3) is 4.75. The molecule has 1 aliphatic carbocycles. The first kappa shape index (κ1) is 21.2. The lowest BCUT2D eigenvalue weighted by molar-refractivity contribution is 0.459. The van der Waals surface area contributed by atoms with Gasteiger partial charge in [0.25, 0.3) is 10.0 Å². The van der Waals surface area contributed by atoms with Crippen LogP contribution in [0.3, 0.4) is 0 Å². The molecule has 2 aromatic heterocycles. The van der Waals surface area contributed by atoms with Crippen molar-refractivity contribution in [3.05, 3.63) is 90.0 Å². The zero-order chi connectivity index (χ0) is 22.8. The van der Waals surface area contributed by atoms with Crippen LogP contribution in [0.25, 0.3) is 5.82 Å². The number of nitrogens with one attached hydrogen (secondary N) is 1. The number of anilines is 1. The monoisotopic (exact) mass is 460 g/mol. The van der Waals surface area contributed by atoms with Gasteiger partial charge in [0.1, 0.15) is 17.4 Å². The van der Waals surface area contributed by atoms with Gasteiger partial charge in [-0.25, -0.2) is 13.4 Å². The van der Waals surface area contributed by atoms with E-state index < -0.39 is 10.0 Å². The van der Waals surface area contributed by atoms with Crippen LogP contribution in [0.1, 0.15) is 29.8 Å². The molecule has 0 saturated carbocycles. The van der Waals surface area contributed by atoms with Gasteiger partial charge in [0, 0.05) is 24.1 Å². The molecule has 0 unspecified atom stereocenters. The molecule has 168 valence electrons. The fraction of sp³-hybridized carbons (Fsp3) is 0.200. The van der Waals surface area contributed by atoms with Gasteiger partial charge in [-0.3, -0.25) is 4.72 Å². The summed E-state index contributed by atoms with van der Waals surface area (Å²) in [5.41, 5.74) is 2.85. The predicted octanol–water partition coefficient (Wildman–Crippen LogP) is 5.05. The van der Waals surface area contributed by atoms with Crippen LogP contribution in [0.4, 0.5) is 5.69 Å². The van der Waals surface area contributed by atoms with E-state index in [1.165, 1.54) is 5.56 Å². The van der Waals surface area contributed by atoms with Crippen LogP contribution in [0, 0.1) is 6.92 Å². The molecule has 33 heavy (non-hydrogen) atoms. The third-order valence-electron chi connectivity index (χ3n) is 5.63. The number of aryl methyl sites for hydroxylation is 3. The average molecular weight is 461 g/mol. The summed E-state index contributed by atoms with van der Waals surface area (Å²) < 4.78 is 36.2. The number of ether oxygens (including phenoxy) is 1. The summed E-state index contributed by atoms with van der Waals surface area (Å²) in [6.45, 7) is 1.80. The molecule has 0 radical (unpaired) electrons. The van der Waals surface area contributed by atoms with Crippen molar-refractivity contribution in [3.63, 3.8) is 0 Å². The lowest BCUT2D eigenvalue weighted by atomic mass is 9.92. The highest BCUT2D eigenvalue weighted by atomic mass is 32.2. The summed E-state index contributed by atoms with van der Waals surface area (Å²) in [6.07, 6.45) is 8.00. The number of benzene rings is 2. The Morgan fingerprint density at radius 3 is 2.39 bits per heavy atom. The van der Waals surface area contributed by atoms with E-state index in [1.54, 1.807) is 49.4 Å². The average Bonchev–Trinajstić information content (AvgIpc) is 3.35. The van der Waals surface area contributed by atoms with E-state index in [0.717, 1.165) is 31.2 Å². The van der Waals surface area contributed by atoms with Crippen molar-refractivity contribution in [1.82, 2.24) is 14.5 Å². The predicted molar refractivity (Wildman–Crippen MR) is 127 cm³/mol. The molecule has 0 bridgehead atoms. The van der Waals surface area contributed by atoms with Gasteiger partial charge in [0.15, 0.2) is 0 Å². The Balaban J connectivity index is 1.31. The standard InChI is InChI=1S/C25H24N4O3S/c1-18-26-24(29-14-4-5-15-29)17-25(27-18)32-22-11-9-21(10-12-22)28-33(30,31)23-13-8-19-6-2-3-7-20(19)16-23/h4-5,8-17,28H,2-3,6-7H2,1H3. The molecule has 1 N–H and O–H groups in total. The van der Waals surface area contributed by atoms with Crippen LogP contribution in [-0.4, -0.2) is 23.0 Å². The molecule has 0 aliphatic heterocycles. The molecule has 2 heterocycles. The molecule has 7 nitrogen and oxygen atoms in total. The molecule has 1 aliphatic rings. The second-order valence-corrected chi connectivity index (χ2v) is 9.75. The Morgan fingerprint density at radius 1 is 0.909 bits per heavy atom. The number of rotatable bonds is 6. The van der Waals surface area contributed by atoms with Crippen LogP contribution in [0.2, 0.25) is 0 Å². The van der Waals surface area contributed by atoms with Crippen molar-refractivity contribution in [2.45, 2.75) is 37.5 Å². The fourth-order valence-electron chi connectivity index (χ4n) is 4.00. The zero-order valence-corrected chi connectivity index (χ0v) is 19.0. The molecule has 0 spiro atoms. The lowest BCUT2D eigenvalue weighted by Crippen LogP contribution is -2.14. The maximum atomic E-state index is 12.9. The van der Waals surface area contributed by atoms with Crippen molar-refractivity contribution in [2.24, 2.45) is 0 Å². The van der Waals surface area contributed by atoms with Gasteiger partial charge in [0.05, 0.1) is 4.90 Å². The molecule has 2 aromatic carbocycles. The molecule has 5 rings (SSSR count). The van der Waals surface area contributed by atoms with Gasteiger partial charge in [-0.2, -0.15) is 4.98 Å². The van der Waals surface area contributed by atoms with E-state index in [4.69, 9.17) is 4.74 Å². The Bertz CT molecular complexity index is 1380. The number of fused-ring (bicyclic) bond motifs is 1. The lowest BCUT2D eigenvalue weighted by Gasteiger charge is -2.17. The van der Waals surface area contributed by atoms with E-state index in [0.29, 0.717) is 29.0 Å². The summed E-state index contributed by atoms with van der Waals surface area (Å²) in [5.74, 6) is 2.25. The first-order valence-corrected chi connectivity index (χ1v) is 12.4. The van der Waals surface area contributed by atoms with Gasteiger partial charge in [-0.1, -0.05) is 6.07 Å². The summed E-state index contributed by atoms with van der Waals surface area (Å²) >= 11 is 0. The Kier molecular flexibility index (Phi) is 5.60. The maximum absolute atomic E-state index is 12.9. The highest BCUT2D eigenvalue weighted by molar-refractivity contribution is 7.92. The van der Waals surface area contributed by atoms with Crippen molar-refractivity contribution < 1.29 is 13.2 Å². The Labute approximate surface area is 193 Å². The number of aromatic nitrogens is 3. The van der Waals surface area contributed by atoms with Gasteiger partial charge in [0.2, 0.25) is 5.88 Å². The number of sulfonamides is 1. The van der Waals surface area contributed by atoms with Crippen LogP contribution < -0.4 is 9.46 Å². The largest absolute Gasteiger partial charge is 0.439 e. The number of hydrogen-bond donors (Lipinski definition) is 1. The molecule has 0 saturated heterocycles. The number of hydrogen-bond acceptors (Lipinski definition) is 5. The van der Waals surface area contributed by atoms with Crippen LogP contribution in [0.15, 0.2) is 78.0 Å². The van der Waals surface area contributed by atoms with Crippen LogP contribution in [0.5, 0.6) is 11.6 Å². The van der Waals surface area contributed by atoms with Crippen molar-refractivity contribution >= 4 is 15.7 Å². The summed E-state index contributed by atoms with van der Waals surface area (Å²) in [5, 5.41) is 0. The maximum Gasteiger partial charge on any atom is 0.261 e. The smallest absolute Gasteiger partial charge is 0.261 e. The number of nitrogens with zero attached hydrogens (tertiary/aromatic N) is 3. The van der Waals surface area contributed by atoms with Crippen LogP contribution >= 0.6 is 0 Å². The highest BCUT2D eigenvalue weighted by Crippen LogP contribution is 2.27. The minimum Gasteiger partial charge on any atom is -0.439 e. The minimum atomic E-state index is -3.67. The van der Waals surface area contributed by atoms with Crippen molar-refractivity contribution in [2.75, 3.05) is 4.72 Å². The van der Waals surface area contributed by atoms with E-state index in [9.17, 15) is 8.42 Å². The second-order valence-electron chi connectivity index (χ2n) is 8.07. The van der Waals surface area contributed by atoms with E-state index >= 15 is 0 Å². The normalized spacial score (nSPS) is 13.4. The molecular weight excluding hydrogens is 436 g/mol. The van der Waals surface area contributed by atoms with E-state index in [2.05, 4.69) is 14.7 Å². The molecule has 8 heteroatoms. The first-order chi connectivity index (χ1) is 16.0. The van der Waals surface area contributed by atoms with E-state index in [1.807, 2.05) is 35.2 Å². The Morgan fingerprint density at radius 2 is 1.64 bits per heavy atom. The third-order valence-corrected chi connectivity index (χ3v) is 7.01. The molecule has 0 amide bonds. The SMILES string of the molecule is Cc1nc(Oc2ccc(NS(=O)(=O)c3ccc4c(c3)CCCC4)cc2)cc(-n2cccc2)n1. The fourth-order valence-corrected chi connectivity index (χ4v) is 5.11. The van der Waals surface area contributed by atoms with Gasteiger partial charge >= 0.3 is 0 Å². The van der Waals surface area contributed by atoms with Gasteiger partial charge in [-0.15, -0.1) is 0 Å². The molecule has 4 aromatic rings. The summed E-state index contributed by atoms with van der Waals surface area (Å²) in [6, 6.07) is 17.8. The minimum absolute atomic E-state index is 0.289. The van der Waals surface area contributed by atoms with Crippen molar-refractivity contribution in [1.29, 1.82) is 0 Å². The van der Waals surface area contributed by atoms with Gasteiger partial charge < -0.3 is 9.30 Å².